The van der Waals surface area contributed by atoms with Gasteiger partial charge in [0.25, 0.3) is 0 Å². The highest BCUT2D eigenvalue weighted by Crippen LogP contribution is 2.39. The molecule has 0 radical (unpaired) electrons. The SMILES string of the molecule is Br.C1COCCN1.CC(C)(C)OC(=O)N1C[C@@H](c2c(F)c(F)cc(F)c2F)CC1C(=O)CBr.CC(C)(C)OC(=O)N1C[C@@H](c2c(F)c(F)cc(F)c2F)CC1C(=O)CN1CCOCC1. The number of amides is 2. The third kappa shape index (κ3) is 14.8. The lowest BCUT2D eigenvalue weighted by molar-refractivity contribution is -0.125. The van der Waals surface area contributed by atoms with Crippen LogP contribution < -0.4 is 5.32 Å². The smallest absolute Gasteiger partial charge is 0.410 e. The molecular weight excluding hydrogens is 1000 g/mol. The Morgan fingerprint density at radius 2 is 1.00 bits per heavy atom. The lowest BCUT2D eigenvalue weighted by Gasteiger charge is -2.30. The van der Waals surface area contributed by atoms with Crippen molar-refractivity contribution in [1.29, 1.82) is 0 Å². The van der Waals surface area contributed by atoms with Gasteiger partial charge >= 0.3 is 12.2 Å². The van der Waals surface area contributed by atoms with Gasteiger partial charge in [0.15, 0.2) is 58.1 Å². The standard InChI is InChI=1S/C21H26F4N2O4.C17H18BrF4NO3.C4H9NO.BrH/c1-21(2,3)31-20(29)27-10-12(17-18(24)13(22)9-14(23)19(17)25)8-15(27)16(28)11-26-4-6-30-7-5-26;1-17(2,3)26-16(25)23-7-8(4-11(23)12(24)6-18)13-14(21)9(19)5-10(20)15(13)22;1-3-6-4-2-5-1;/h9,12,15H,4-8,10-11H2,1-3H3;5,8,11H,4,6-7H2,1-3H3;5H,1-4H2;1H/t12-,15?;8-,11?;;/m00../s1. The lowest BCUT2D eigenvalue weighted by atomic mass is 9.93. The molecule has 0 saturated carbocycles. The Balaban J connectivity index is 0.000000299. The van der Waals surface area contributed by atoms with Crippen LogP contribution in [0, 0.1) is 46.5 Å². The zero-order valence-electron chi connectivity index (χ0n) is 36.3. The fourth-order valence-electron chi connectivity index (χ4n) is 7.34. The van der Waals surface area contributed by atoms with Crippen LogP contribution >= 0.6 is 32.9 Å². The van der Waals surface area contributed by atoms with E-state index in [0.717, 1.165) is 36.1 Å². The average Bonchev–Trinajstić information content (AvgIpc) is 3.86. The van der Waals surface area contributed by atoms with Crippen molar-refractivity contribution >= 4 is 56.7 Å². The van der Waals surface area contributed by atoms with Gasteiger partial charge in [-0.05, 0) is 54.4 Å². The molecule has 0 aliphatic carbocycles. The molecule has 64 heavy (non-hydrogen) atoms. The van der Waals surface area contributed by atoms with Crippen LogP contribution in [0.4, 0.5) is 44.7 Å². The number of alkyl halides is 1. The first-order valence-electron chi connectivity index (χ1n) is 20.3. The summed E-state index contributed by atoms with van der Waals surface area (Å²) in [4.78, 5) is 54.3. The molecule has 2 aromatic carbocycles. The van der Waals surface area contributed by atoms with E-state index in [1.165, 1.54) is 0 Å². The molecule has 4 heterocycles. The van der Waals surface area contributed by atoms with Crippen molar-refractivity contribution in [2.24, 2.45) is 0 Å². The van der Waals surface area contributed by atoms with E-state index < -0.39 is 111 Å². The van der Waals surface area contributed by atoms with E-state index in [9.17, 15) is 54.3 Å². The quantitative estimate of drug-likeness (QED) is 0.167. The molecule has 4 saturated heterocycles. The van der Waals surface area contributed by atoms with Gasteiger partial charge in [-0.15, -0.1) is 17.0 Å². The maximum Gasteiger partial charge on any atom is 0.410 e. The topological polar surface area (TPSA) is 127 Å². The summed E-state index contributed by atoms with van der Waals surface area (Å²) in [5, 5.41) is 3.07. The molecule has 1 N–H and O–H groups in total. The normalized spacial score (nSPS) is 21.5. The van der Waals surface area contributed by atoms with Crippen molar-refractivity contribution in [3.63, 3.8) is 0 Å². The van der Waals surface area contributed by atoms with E-state index in [1.54, 1.807) is 41.5 Å². The van der Waals surface area contributed by atoms with Crippen molar-refractivity contribution in [2.75, 3.05) is 77.6 Å². The van der Waals surface area contributed by atoms with Gasteiger partial charge in [0.1, 0.15) is 11.2 Å². The van der Waals surface area contributed by atoms with Gasteiger partial charge < -0.3 is 24.3 Å². The van der Waals surface area contributed by atoms with Gasteiger partial charge in [0.05, 0.1) is 50.4 Å². The zero-order chi connectivity index (χ0) is 47.0. The number of Topliss-reactive ketones (excluding diaryl/α,β-unsaturated/α-hetero) is 2. The minimum Gasteiger partial charge on any atom is -0.444 e. The minimum atomic E-state index is -1.53. The van der Waals surface area contributed by atoms with Gasteiger partial charge in [-0.2, -0.15) is 0 Å². The second-order valence-electron chi connectivity index (χ2n) is 17.2. The largest absolute Gasteiger partial charge is 0.444 e. The van der Waals surface area contributed by atoms with Crippen molar-refractivity contribution in [3.8, 4) is 0 Å². The number of benzene rings is 2. The Hall–Kier alpha value is -3.44. The summed E-state index contributed by atoms with van der Waals surface area (Å²) in [5.41, 5.74) is -3.32. The summed E-state index contributed by atoms with van der Waals surface area (Å²) in [6.07, 6.45) is -2.00. The molecule has 4 fully saturated rings. The number of halogens is 10. The molecule has 2 amide bonds. The van der Waals surface area contributed by atoms with Crippen LogP contribution in [0.5, 0.6) is 0 Å². The molecular formula is C42H54Br2F8N4O8. The van der Waals surface area contributed by atoms with Crippen LogP contribution in [-0.2, 0) is 28.5 Å². The fourth-order valence-corrected chi connectivity index (χ4v) is 7.71. The number of hydrogen-bond acceptors (Lipinski definition) is 10. The van der Waals surface area contributed by atoms with Gasteiger partial charge in [0.2, 0.25) is 0 Å². The van der Waals surface area contributed by atoms with Gasteiger partial charge in [0, 0.05) is 74.4 Å². The fraction of sp³-hybridized carbons (Fsp3) is 0.619. The molecule has 4 aliphatic rings. The zero-order valence-corrected chi connectivity index (χ0v) is 39.6. The summed E-state index contributed by atoms with van der Waals surface area (Å²) < 4.78 is 132. The lowest BCUT2D eigenvalue weighted by Crippen LogP contribution is -2.48. The number of nitrogens with one attached hydrogen (secondary N) is 1. The molecule has 0 bridgehead atoms. The molecule has 0 aromatic heterocycles. The van der Waals surface area contributed by atoms with Crippen molar-refractivity contribution in [2.45, 2.75) is 89.5 Å². The molecule has 0 spiro atoms. The molecule has 6 rings (SSSR count). The van der Waals surface area contributed by atoms with E-state index >= 15 is 0 Å². The Morgan fingerprint density at radius 3 is 1.31 bits per heavy atom. The Morgan fingerprint density at radius 1 is 0.641 bits per heavy atom. The summed E-state index contributed by atoms with van der Waals surface area (Å²) >= 11 is 2.99. The van der Waals surface area contributed by atoms with Crippen molar-refractivity contribution < 1.29 is 73.2 Å². The predicted molar refractivity (Wildman–Crippen MR) is 226 cm³/mol. The number of carbonyl (C=O) groups excluding carboxylic acids is 4. The summed E-state index contributed by atoms with van der Waals surface area (Å²) in [6.45, 7) is 15.1. The summed E-state index contributed by atoms with van der Waals surface area (Å²) in [6, 6.07) is -1.79. The summed E-state index contributed by atoms with van der Waals surface area (Å²) in [5.74, 6) is -15.1. The highest BCUT2D eigenvalue weighted by molar-refractivity contribution is 9.09. The average molecular weight is 1050 g/mol. The van der Waals surface area contributed by atoms with E-state index in [4.69, 9.17) is 18.9 Å². The van der Waals surface area contributed by atoms with E-state index in [-0.39, 0.29) is 72.7 Å². The molecule has 22 heteroatoms. The van der Waals surface area contributed by atoms with Crippen LogP contribution in [-0.4, -0.2) is 139 Å². The Kier molecular flexibility index (Phi) is 20.4. The van der Waals surface area contributed by atoms with Gasteiger partial charge in [-0.1, -0.05) is 15.9 Å². The highest BCUT2D eigenvalue weighted by atomic mass is 79.9. The molecule has 12 nitrogen and oxygen atoms in total. The Labute approximate surface area is 385 Å². The van der Waals surface area contributed by atoms with Crippen LogP contribution in [0.2, 0.25) is 0 Å². The number of nitrogens with zero attached hydrogens (tertiary/aromatic N) is 3. The number of rotatable bonds is 7. The van der Waals surface area contributed by atoms with Gasteiger partial charge in [-0.3, -0.25) is 24.3 Å². The maximum atomic E-state index is 14.4. The van der Waals surface area contributed by atoms with E-state index in [2.05, 4.69) is 21.2 Å². The highest BCUT2D eigenvalue weighted by Gasteiger charge is 2.46. The van der Waals surface area contributed by atoms with Crippen LogP contribution in [0.1, 0.15) is 77.3 Å². The van der Waals surface area contributed by atoms with E-state index in [0.29, 0.717) is 26.3 Å². The molecule has 4 aliphatic heterocycles. The number of hydrogen-bond donors (Lipinski definition) is 1. The summed E-state index contributed by atoms with van der Waals surface area (Å²) in [7, 11) is 0. The number of likely N-dealkylation sites (tertiary alicyclic amines) is 2. The van der Waals surface area contributed by atoms with Crippen molar-refractivity contribution in [1.82, 2.24) is 20.0 Å². The van der Waals surface area contributed by atoms with Crippen molar-refractivity contribution in [3.05, 3.63) is 69.8 Å². The molecule has 4 atom stereocenters. The molecule has 2 aromatic rings. The first kappa shape index (κ1) is 54.9. The second kappa shape index (κ2) is 23.8. The Bertz CT molecular complexity index is 1900. The minimum absolute atomic E-state index is 0. The third-order valence-electron chi connectivity index (χ3n) is 10.2. The molecule has 2 unspecified atom stereocenters. The maximum absolute atomic E-state index is 14.4. The second-order valence-corrected chi connectivity index (χ2v) is 17.8. The monoisotopic (exact) mass is 1050 g/mol. The van der Waals surface area contributed by atoms with Crippen LogP contribution in [0.3, 0.4) is 0 Å². The molecule has 360 valence electrons. The number of morpholine rings is 2. The number of ketones is 2. The first-order valence-corrected chi connectivity index (χ1v) is 21.4. The van der Waals surface area contributed by atoms with E-state index in [1.807, 2.05) is 4.90 Å². The van der Waals surface area contributed by atoms with Crippen LogP contribution in [0.15, 0.2) is 12.1 Å². The van der Waals surface area contributed by atoms with Crippen LogP contribution in [0.25, 0.3) is 0 Å². The van der Waals surface area contributed by atoms with Gasteiger partial charge in [-0.25, -0.2) is 44.7 Å². The third-order valence-corrected chi connectivity index (χ3v) is 10.7. The number of ether oxygens (including phenoxy) is 4. The first-order chi connectivity index (χ1) is 29.4. The predicted octanol–water partition coefficient (Wildman–Crippen LogP) is 7.72. The number of carbonyl (C=O) groups is 4.